The molecule has 9 heteroatoms. The number of phenols is 2. The molecule has 5 rings (SSSR count). The van der Waals surface area contributed by atoms with Crippen LogP contribution in [0.15, 0.2) is 18.2 Å². The van der Waals surface area contributed by atoms with E-state index in [1.807, 2.05) is 6.92 Å². The lowest BCUT2D eigenvalue weighted by molar-refractivity contribution is -0.216. The van der Waals surface area contributed by atoms with Crippen LogP contribution in [0.2, 0.25) is 0 Å². The van der Waals surface area contributed by atoms with Gasteiger partial charge < -0.3 is 29.5 Å². The molecule has 3 aliphatic rings. The number of ether oxygens (including phenoxy) is 3. The Morgan fingerprint density at radius 3 is 2.53 bits per heavy atom. The van der Waals surface area contributed by atoms with Crippen molar-refractivity contribution in [1.82, 2.24) is 0 Å². The predicted octanol–water partition coefficient (Wildman–Crippen LogP) is 2.98. The molecule has 3 N–H and O–H groups in total. The number of aromatic hydroxyl groups is 2. The molecule has 2 aromatic carbocycles. The molecular weight excluding hydrogens is 468 g/mol. The van der Waals surface area contributed by atoms with Crippen molar-refractivity contribution in [2.24, 2.45) is 5.92 Å². The van der Waals surface area contributed by atoms with Crippen LogP contribution in [0.5, 0.6) is 17.2 Å². The highest BCUT2D eigenvalue weighted by molar-refractivity contribution is 6.31. The molecule has 4 atom stereocenters. The molecule has 9 nitrogen and oxygen atoms in total. The van der Waals surface area contributed by atoms with E-state index >= 15 is 0 Å². The molecule has 2 aromatic rings. The lowest BCUT2D eigenvalue weighted by Crippen LogP contribution is -2.34. The van der Waals surface area contributed by atoms with Gasteiger partial charge in [0.25, 0.3) is 0 Å². The molecule has 0 radical (unpaired) electrons. The van der Waals surface area contributed by atoms with Gasteiger partial charge in [-0.1, -0.05) is 12.1 Å². The number of ketones is 3. The molecule has 36 heavy (non-hydrogen) atoms. The van der Waals surface area contributed by atoms with E-state index in [9.17, 15) is 29.7 Å². The molecule has 0 saturated carbocycles. The summed E-state index contributed by atoms with van der Waals surface area (Å²) in [4.78, 5) is 39.5. The Balaban J connectivity index is 1.68. The maximum Gasteiger partial charge on any atom is 0.202 e. The molecule has 1 heterocycles. The quantitative estimate of drug-likeness (QED) is 0.455. The Labute approximate surface area is 207 Å². The zero-order chi connectivity index (χ0) is 25.7. The van der Waals surface area contributed by atoms with E-state index in [4.69, 9.17) is 14.2 Å². The van der Waals surface area contributed by atoms with Gasteiger partial charge >= 0.3 is 0 Å². The van der Waals surface area contributed by atoms with Crippen molar-refractivity contribution in [2.45, 2.75) is 57.5 Å². The van der Waals surface area contributed by atoms with Crippen LogP contribution in [0.3, 0.4) is 0 Å². The SMILES string of the molecule is COc1cccc2c1C(=O)c1c(O)c3c(c(O)c1C2=O)C[C@@H](C(=O)CO)C[C@@H]3O[C@H]1CCC[C@H](C)O1. The van der Waals surface area contributed by atoms with Crippen LogP contribution < -0.4 is 4.74 Å². The van der Waals surface area contributed by atoms with Crippen molar-refractivity contribution in [3.8, 4) is 17.2 Å². The second kappa shape index (κ2) is 9.31. The van der Waals surface area contributed by atoms with E-state index in [1.54, 1.807) is 12.1 Å². The van der Waals surface area contributed by atoms with E-state index in [2.05, 4.69) is 0 Å². The van der Waals surface area contributed by atoms with Gasteiger partial charge in [-0.05, 0) is 45.1 Å². The lowest BCUT2D eigenvalue weighted by atomic mass is 9.73. The van der Waals surface area contributed by atoms with Crippen LogP contribution >= 0.6 is 0 Å². The van der Waals surface area contributed by atoms with Crippen molar-refractivity contribution >= 4 is 17.3 Å². The van der Waals surface area contributed by atoms with Crippen LogP contribution in [0.25, 0.3) is 0 Å². The number of hydrogen-bond donors (Lipinski definition) is 3. The standard InChI is InChI=1S/C27H28O9/c1-12-5-3-8-19(35-12)36-18-10-13(16(29)11-28)9-15-21(18)27(33)23-22(25(15)31)24(30)14-6-4-7-17(34-2)20(14)26(23)32/h4,6-7,12-13,18-19,28,31,33H,3,5,8-11H2,1-2H3/t12-,13+,18-,19-/m0/s1. The molecule has 0 spiro atoms. The van der Waals surface area contributed by atoms with Gasteiger partial charge in [0, 0.05) is 22.6 Å². The maximum atomic E-state index is 13.6. The van der Waals surface area contributed by atoms with Crippen molar-refractivity contribution in [1.29, 1.82) is 0 Å². The van der Waals surface area contributed by atoms with Crippen LogP contribution in [-0.4, -0.2) is 58.8 Å². The number of aliphatic hydroxyl groups excluding tert-OH is 1. The second-order valence-corrected chi connectivity index (χ2v) is 9.57. The van der Waals surface area contributed by atoms with E-state index in [-0.39, 0.29) is 58.1 Å². The fourth-order valence-electron chi connectivity index (χ4n) is 5.63. The summed E-state index contributed by atoms with van der Waals surface area (Å²) in [6, 6.07) is 4.57. The average Bonchev–Trinajstić information content (AvgIpc) is 2.87. The Hall–Kier alpha value is -3.27. The van der Waals surface area contributed by atoms with E-state index in [1.165, 1.54) is 13.2 Å². The topological polar surface area (TPSA) is 140 Å². The number of aliphatic hydroxyl groups is 1. The first kappa shape index (κ1) is 24.4. The number of fused-ring (bicyclic) bond motifs is 3. The number of rotatable bonds is 5. The molecule has 0 unspecified atom stereocenters. The summed E-state index contributed by atoms with van der Waals surface area (Å²) in [5.41, 5.74) is -0.238. The van der Waals surface area contributed by atoms with Crippen molar-refractivity contribution in [3.05, 3.63) is 51.6 Å². The zero-order valence-electron chi connectivity index (χ0n) is 20.1. The van der Waals surface area contributed by atoms with Crippen molar-refractivity contribution in [2.75, 3.05) is 13.7 Å². The van der Waals surface area contributed by atoms with Gasteiger partial charge in [-0.3, -0.25) is 14.4 Å². The Morgan fingerprint density at radius 2 is 1.83 bits per heavy atom. The molecule has 1 aliphatic heterocycles. The first-order chi connectivity index (χ1) is 17.3. The predicted molar refractivity (Wildman–Crippen MR) is 126 cm³/mol. The van der Waals surface area contributed by atoms with Gasteiger partial charge in [-0.15, -0.1) is 0 Å². The molecule has 0 aromatic heterocycles. The first-order valence-electron chi connectivity index (χ1n) is 12.1. The van der Waals surface area contributed by atoms with Crippen molar-refractivity contribution < 1.29 is 43.9 Å². The number of carbonyl (C=O) groups is 3. The van der Waals surface area contributed by atoms with Crippen LogP contribution in [0.1, 0.15) is 81.7 Å². The smallest absolute Gasteiger partial charge is 0.202 e. The number of phenolic OH excluding ortho intramolecular Hbond substituents is 2. The van der Waals surface area contributed by atoms with Crippen LogP contribution in [-0.2, 0) is 20.7 Å². The fourth-order valence-corrected chi connectivity index (χ4v) is 5.63. The third kappa shape index (κ3) is 3.78. The van der Waals surface area contributed by atoms with Gasteiger partial charge in [0.15, 0.2) is 17.9 Å². The number of hydrogen-bond acceptors (Lipinski definition) is 9. The number of carbonyl (C=O) groups excluding carboxylic acids is 3. The maximum absolute atomic E-state index is 13.6. The summed E-state index contributed by atoms with van der Waals surface area (Å²) in [6.07, 6.45) is 0.918. The van der Waals surface area contributed by atoms with Crippen LogP contribution in [0, 0.1) is 5.92 Å². The minimum absolute atomic E-state index is 0.0122. The Morgan fingerprint density at radius 1 is 1.08 bits per heavy atom. The van der Waals surface area contributed by atoms with E-state index in [0.29, 0.717) is 6.42 Å². The first-order valence-corrected chi connectivity index (χ1v) is 12.1. The normalized spacial score (nSPS) is 25.1. The Kier molecular flexibility index (Phi) is 6.32. The molecule has 1 fully saturated rings. The summed E-state index contributed by atoms with van der Waals surface area (Å²) in [6.45, 7) is 1.24. The summed E-state index contributed by atoms with van der Waals surface area (Å²) in [5.74, 6) is -3.18. The highest BCUT2D eigenvalue weighted by Crippen LogP contribution is 2.51. The average molecular weight is 497 g/mol. The molecular formula is C27H28O9. The summed E-state index contributed by atoms with van der Waals surface area (Å²) in [7, 11) is 1.38. The molecule has 190 valence electrons. The third-order valence-corrected chi connectivity index (χ3v) is 7.39. The molecule has 0 amide bonds. The largest absolute Gasteiger partial charge is 0.507 e. The highest BCUT2D eigenvalue weighted by Gasteiger charge is 2.44. The highest BCUT2D eigenvalue weighted by atomic mass is 16.7. The minimum Gasteiger partial charge on any atom is -0.507 e. The van der Waals surface area contributed by atoms with E-state index in [0.717, 1.165) is 12.8 Å². The van der Waals surface area contributed by atoms with E-state index < -0.39 is 53.8 Å². The molecule has 1 saturated heterocycles. The van der Waals surface area contributed by atoms with Gasteiger partial charge in [-0.2, -0.15) is 0 Å². The van der Waals surface area contributed by atoms with Gasteiger partial charge in [-0.25, -0.2) is 0 Å². The number of Topliss-reactive ketones (excluding diaryl/α,β-unsaturated/α-hetero) is 1. The van der Waals surface area contributed by atoms with Crippen LogP contribution in [0.4, 0.5) is 0 Å². The minimum atomic E-state index is -0.900. The monoisotopic (exact) mass is 496 g/mol. The Bertz CT molecular complexity index is 1260. The van der Waals surface area contributed by atoms with Gasteiger partial charge in [0.1, 0.15) is 23.9 Å². The third-order valence-electron chi connectivity index (χ3n) is 7.39. The van der Waals surface area contributed by atoms with Crippen molar-refractivity contribution in [3.63, 3.8) is 0 Å². The van der Waals surface area contributed by atoms with Gasteiger partial charge in [0.2, 0.25) is 5.78 Å². The number of methoxy groups -OCH3 is 1. The lowest BCUT2D eigenvalue weighted by Gasteiger charge is -2.37. The molecule has 2 aliphatic carbocycles. The summed E-state index contributed by atoms with van der Waals surface area (Å²) < 4.78 is 17.4. The van der Waals surface area contributed by atoms with Gasteiger partial charge in [0.05, 0.1) is 36.0 Å². The molecule has 0 bridgehead atoms. The summed E-state index contributed by atoms with van der Waals surface area (Å²) >= 11 is 0. The zero-order valence-corrected chi connectivity index (χ0v) is 20.1. The second-order valence-electron chi connectivity index (χ2n) is 9.57. The summed E-state index contributed by atoms with van der Waals surface area (Å²) in [5, 5.41) is 32.2. The number of benzene rings is 2. The fraction of sp³-hybridized carbons (Fsp3) is 0.444.